The van der Waals surface area contributed by atoms with Crippen molar-refractivity contribution >= 4 is 28.9 Å². The lowest BCUT2D eigenvalue weighted by Crippen LogP contribution is -2.31. The van der Waals surface area contributed by atoms with Gasteiger partial charge in [0.25, 0.3) is 5.91 Å². The number of hydrogen-bond acceptors (Lipinski definition) is 3. The molecular weight excluding hydrogens is 365 g/mol. The molecule has 27 heavy (non-hydrogen) atoms. The van der Waals surface area contributed by atoms with Gasteiger partial charge in [-0.1, -0.05) is 25.4 Å². The van der Waals surface area contributed by atoms with Crippen molar-refractivity contribution in [2.45, 2.75) is 25.7 Å². The molecule has 2 unspecified atom stereocenters. The fraction of sp³-hybridized carbons (Fsp3) is 0.429. The zero-order valence-corrected chi connectivity index (χ0v) is 16.1. The van der Waals surface area contributed by atoms with Crippen molar-refractivity contribution in [2.75, 3.05) is 24.5 Å². The molecule has 3 aliphatic rings. The quantitative estimate of drug-likeness (QED) is 0.769. The molecule has 0 bridgehead atoms. The van der Waals surface area contributed by atoms with Crippen LogP contribution in [0.4, 0.5) is 15.8 Å². The molecule has 2 atom stereocenters. The Bertz CT molecular complexity index is 950. The molecule has 6 heteroatoms. The largest absolute Gasteiger partial charge is 0.339 e. The topological polar surface area (TPSA) is 36.4 Å². The highest BCUT2D eigenvalue weighted by Crippen LogP contribution is 2.46. The Kier molecular flexibility index (Phi) is 3.57. The number of rotatable bonds is 2. The molecule has 4 nitrogen and oxygen atoms in total. The third-order valence-corrected chi connectivity index (χ3v) is 6.37. The van der Waals surface area contributed by atoms with E-state index in [1.807, 2.05) is 21.9 Å². The molecule has 1 saturated carbocycles. The van der Waals surface area contributed by atoms with Gasteiger partial charge in [0, 0.05) is 30.7 Å². The van der Waals surface area contributed by atoms with Crippen LogP contribution in [0.2, 0.25) is 5.02 Å². The van der Waals surface area contributed by atoms with Gasteiger partial charge in [0.05, 0.1) is 16.4 Å². The van der Waals surface area contributed by atoms with Crippen molar-refractivity contribution in [1.82, 2.24) is 9.88 Å². The van der Waals surface area contributed by atoms with E-state index in [4.69, 9.17) is 16.6 Å². The molecule has 0 N–H and O–H groups in total. The second kappa shape index (κ2) is 5.68. The van der Waals surface area contributed by atoms with Crippen molar-refractivity contribution in [2.24, 2.45) is 11.8 Å². The molecule has 2 fully saturated rings. The summed E-state index contributed by atoms with van der Waals surface area (Å²) in [4.78, 5) is 21.6. The second-order valence-electron chi connectivity index (χ2n) is 8.60. The minimum atomic E-state index is -0.437. The molecular formula is C21H21ClFN3O. The Morgan fingerprint density at radius 3 is 2.67 bits per heavy atom. The lowest BCUT2D eigenvalue weighted by atomic mass is 9.91. The van der Waals surface area contributed by atoms with E-state index >= 15 is 0 Å². The second-order valence-corrected chi connectivity index (χ2v) is 9.01. The number of piperidine rings is 1. The van der Waals surface area contributed by atoms with Gasteiger partial charge in [-0.05, 0) is 48.6 Å². The smallest absolute Gasteiger partial charge is 0.272 e. The first-order valence-electron chi connectivity index (χ1n) is 9.37. The molecule has 0 spiro atoms. The summed E-state index contributed by atoms with van der Waals surface area (Å²) in [6.45, 7) is 6.60. The SMILES string of the molecule is CC1(C)CN(c2ccc(Cl)c(F)c2)c2ccc(C(=O)N3CC4CC4C3)nc21. The molecule has 2 aromatic rings. The first kappa shape index (κ1) is 17.0. The Balaban J connectivity index is 1.49. The van der Waals surface area contributed by atoms with E-state index in [-0.39, 0.29) is 16.3 Å². The average molecular weight is 386 g/mol. The van der Waals surface area contributed by atoms with Gasteiger partial charge in [-0.15, -0.1) is 0 Å². The number of carbonyl (C=O) groups excluding carboxylic acids is 1. The predicted octanol–water partition coefficient (Wildman–Crippen LogP) is 4.40. The average Bonchev–Trinajstić information content (AvgIpc) is 3.15. The Morgan fingerprint density at radius 1 is 1.22 bits per heavy atom. The van der Waals surface area contributed by atoms with Crippen LogP contribution in [0.25, 0.3) is 0 Å². The molecule has 1 amide bonds. The zero-order valence-electron chi connectivity index (χ0n) is 15.4. The number of aromatic nitrogens is 1. The van der Waals surface area contributed by atoms with Gasteiger partial charge >= 0.3 is 0 Å². The number of hydrogen-bond donors (Lipinski definition) is 0. The van der Waals surface area contributed by atoms with Crippen LogP contribution in [0.15, 0.2) is 30.3 Å². The Morgan fingerprint density at radius 2 is 1.96 bits per heavy atom. The highest BCUT2D eigenvalue weighted by Gasteiger charge is 2.47. The lowest BCUT2D eigenvalue weighted by Gasteiger charge is -2.22. The summed E-state index contributed by atoms with van der Waals surface area (Å²) in [5.41, 5.74) is 2.81. The number of halogens is 2. The van der Waals surface area contributed by atoms with Crippen LogP contribution >= 0.6 is 11.6 Å². The normalized spacial score (nSPS) is 24.7. The fourth-order valence-electron chi connectivity index (χ4n) is 4.45. The van der Waals surface area contributed by atoms with Crippen molar-refractivity contribution in [3.05, 3.63) is 52.6 Å². The summed E-state index contributed by atoms with van der Waals surface area (Å²) in [5.74, 6) is 0.995. The van der Waals surface area contributed by atoms with Gasteiger partial charge in [-0.2, -0.15) is 0 Å². The molecule has 1 saturated heterocycles. The summed E-state index contributed by atoms with van der Waals surface area (Å²) in [7, 11) is 0. The molecule has 0 radical (unpaired) electrons. The van der Waals surface area contributed by atoms with Crippen molar-refractivity contribution < 1.29 is 9.18 Å². The van der Waals surface area contributed by atoms with Crippen molar-refractivity contribution in [1.29, 1.82) is 0 Å². The highest BCUT2D eigenvalue weighted by molar-refractivity contribution is 6.30. The molecule has 5 rings (SSSR count). The zero-order chi connectivity index (χ0) is 18.9. The Hall–Kier alpha value is -2.14. The summed E-state index contributed by atoms with van der Waals surface area (Å²) in [5, 5.41) is 0.111. The number of anilines is 2. The number of pyridine rings is 1. The van der Waals surface area contributed by atoms with Gasteiger partial charge in [-0.3, -0.25) is 4.79 Å². The van der Waals surface area contributed by atoms with E-state index in [1.54, 1.807) is 12.1 Å². The van der Waals surface area contributed by atoms with Crippen LogP contribution in [-0.2, 0) is 5.41 Å². The number of benzene rings is 1. The monoisotopic (exact) mass is 385 g/mol. The van der Waals surface area contributed by atoms with Crippen molar-refractivity contribution in [3.63, 3.8) is 0 Å². The van der Waals surface area contributed by atoms with E-state index in [2.05, 4.69) is 13.8 Å². The third-order valence-electron chi connectivity index (χ3n) is 6.06. The van der Waals surface area contributed by atoms with Gasteiger partial charge in [0.2, 0.25) is 0 Å². The predicted molar refractivity (Wildman–Crippen MR) is 103 cm³/mol. The molecule has 2 aliphatic heterocycles. The van der Waals surface area contributed by atoms with Crippen LogP contribution < -0.4 is 4.90 Å². The summed E-state index contributed by atoms with van der Waals surface area (Å²) in [6, 6.07) is 8.57. The molecule has 1 aromatic carbocycles. The first-order chi connectivity index (χ1) is 12.8. The third kappa shape index (κ3) is 2.71. The van der Waals surface area contributed by atoms with Crippen LogP contribution in [0.5, 0.6) is 0 Å². The van der Waals surface area contributed by atoms with Crippen LogP contribution in [0, 0.1) is 17.7 Å². The maximum absolute atomic E-state index is 14.0. The van der Waals surface area contributed by atoms with Gasteiger partial charge in [0.15, 0.2) is 0 Å². The van der Waals surface area contributed by atoms with Crippen molar-refractivity contribution in [3.8, 4) is 0 Å². The summed E-state index contributed by atoms with van der Waals surface area (Å²) >= 11 is 5.83. The van der Waals surface area contributed by atoms with Gasteiger partial charge in [-0.25, -0.2) is 9.37 Å². The van der Waals surface area contributed by atoms with E-state index < -0.39 is 5.82 Å². The summed E-state index contributed by atoms with van der Waals surface area (Å²) in [6.07, 6.45) is 1.26. The Labute approximate surface area is 162 Å². The summed E-state index contributed by atoms with van der Waals surface area (Å²) < 4.78 is 14.0. The minimum absolute atomic E-state index is 0.0248. The van der Waals surface area contributed by atoms with E-state index in [0.717, 1.165) is 30.2 Å². The highest BCUT2D eigenvalue weighted by atomic mass is 35.5. The number of likely N-dealkylation sites (tertiary alicyclic amines) is 1. The van der Waals surface area contributed by atoms with Crippen LogP contribution in [0.1, 0.15) is 36.5 Å². The minimum Gasteiger partial charge on any atom is -0.339 e. The van der Waals surface area contributed by atoms with Gasteiger partial charge < -0.3 is 9.80 Å². The lowest BCUT2D eigenvalue weighted by molar-refractivity contribution is 0.0769. The van der Waals surface area contributed by atoms with Crippen LogP contribution in [0.3, 0.4) is 0 Å². The number of amides is 1. The number of nitrogens with zero attached hydrogens (tertiary/aromatic N) is 3. The molecule has 140 valence electrons. The molecule has 1 aliphatic carbocycles. The maximum atomic E-state index is 14.0. The maximum Gasteiger partial charge on any atom is 0.272 e. The molecule has 3 heterocycles. The van der Waals surface area contributed by atoms with E-state index in [0.29, 0.717) is 24.1 Å². The number of fused-ring (bicyclic) bond motifs is 2. The standard InChI is InChI=1S/C21H21ClFN3O/c1-21(2)11-26(14-3-4-15(22)16(23)8-14)18-6-5-17(24-19(18)21)20(27)25-9-12-7-13(12)10-25/h3-6,8,12-13H,7,9-11H2,1-2H3. The number of carbonyl (C=O) groups is 1. The van der Waals surface area contributed by atoms with Gasteiger partial charge in [0.1, 0.15) is 11.5 Å². The van der Waals surface area contributed by atoms with E-state index in [1.165, 1.54) is 12.5 Å². The van der Waals surface area contributed by atoms with E-state index in [9.17, 15) is 9.18 Å². The molecule has 1 aromatic heterocycles. The van der Waals surface area contributed by atoms with Crippen LogP contribution in [-0.4, -0.2) is 35.4 Å². The fourth-order valence-corrected chi connectivity index (χ4v) is 4.57. The first-order valence-corrected chi connectivity index (χ1v) is 9.75.